The van der Waals surface area contributed by atoms with Gasteiger partial charge in [0.05, 0.1) is 6.42 Å². The summed E-state index contributed by atoms with van der Waals surface area (Å²) in [6.07, 6.45) is 2.34. The number of halogens is 1. The molecule has 0 saturated carbocycles. The lowest BCUT2D eigenvalue weighted by Crippen LogP contribution is -2.39. The number of hydrogen-bond donors (Lipinski definition) is 0. The average Bonchev–Trinajstić information content (AvgIpc) is 3.18. The molecule has 144 valence electrons. The zero-order valence-corrected chi connectivity index (χ0v) is 16.6. The molecule has 1 aliphatic rings. The van der Waals surface area contributed by atoms with Gasteiger partial charge in [0.15, 0.2) is 5.01 Å². The molecule has 6 heteroatoms. The minimum absolute atomic E-state index is 0.147. The number of aromatic nitrogens is 2. The van der Waals surface area contributed by atoms with Gasteiger partial charge in [0, 0.05) is 24.6 Å². The van der Waals surface area contributed by atoms with Crippen LogP contribution < -0.4 is 0 Å². The van der Waals surface area contributed by atoms with Gasteiger partial charge in [-0.25, -0.2) is 4.39 Å². The second-order valence-corrected chi connectivity index (χ2v) is 8.28. The van der Waals surface area contributed by atoms with Crippen LogP contribution in [0.1, 0.15) is 34.9 Å². The molecular weight excluding hydrogens is 373 g/mol. The van der Waals surface area contributed by atoms with Crippen LogP contribution in [0.4, 0.5) is 4.39 Å². The van der Waals surface area contributed by atoms with E-state index < -0.39 is 0 Å². The molecule has 0 N–H and O–H groups in total. The number of rotatable bonds is 4. The van der Waals surface area contributed by atoms with Gasteiger partial charge in [-0.05, 0) is 37.5 Å². The highest BCUT2D eigenvalue weighted by molar-refractivity contribution is 7.14. The summed E-state index contributed by atoms with van der Waals surface area (Å²) in [5.74, 6) is 0.0196. The van der Waals surface area contributed by atoms with Crippen LogP contribution in [0.2, 0.25) is 0 Å². The molecule has 1 unspecified atom stereocenters. The lowest BCUT2D eigenvalue weighted by molar-refractivity contribution is -0.131. The molecule has 4 nitrogen and oxygen atoms in total. The van der Waals surface area contributed by atoms with Crippen molar-refractivity contribution in [3.63, 3.8) is 0 Å². The molecule has 1 atom stereocenters. The van der Waals surface area contributed by atoms with Crippen molar-refractivity contribution in [3.05, 3.63) is 70.5 Å². The fourth-order valence-electron chi connectivity index (χ4n) is 3.66. The second kappa shape index (κ2) is 8.19. The minimum atomic E-state index is -0.288. The van der Waals surface area contributed by atoms with Crippen molar-refractivity contribution in [2.24, 2.45) is 0 Å². The first-order chi connectivity index (χ1) is 13.6. The van der Waals surface area contributed by atoms with E-state index in [0.29, 0.717) is 23.5 Å². The van der Waals surface area contributed by atoms with Gasteiger partial charge in [-0.15, -0.1) is 10.2 Å². The van der Waals surface area contributed by atoms with Crippen LogP contribution in [-0.4, -0.2) is 34.1 Å². The van der Waals surface area contributed by atoms with E-state index in [9.17, 15) is 9.18 Å². The quantitative estimate of drug-likeness (QED) is 0.648. The number of hydrogen-bond acceptors (Lipinski definition) is 4. The number of carbonyl (C=O) groups is 1. The minimum Gasteiger partial charge on any atom is -0.342 e. The first kappa shape index (κ1) is 18.7. The van der Waals surface area contributed by atoms with Crippen LogP contribution in [-0.2, 0) is 11.2 Å². The third-order valence-corrected chi connectivity index (χ3v) is 6.23. The fraction of sp³-hybridized carbons (Fsp3) is 0.318. The van der Waals surface area contributed by atoms with E-state index in [1.165, 1.54) is 17.4 Å². The number of carbonyl (C=O) groups excluding carboxylic acids is 1. The number of nitrogens with zero attached hydrogens (tertiary/aromatic N) is 3. The SMILES string of the molecule is Cc1cccc(CC(=O)N2CCCC(c3nnc(-c4ccccc4F)s3)C2)c1. The predicted octanol–water partition coefficient (Wildman–Crippen LogP) is 4.60. The summed E-state index contributed by atoms with van der Waals surface area (Å²) in [7, 11) is 0. The molecule has 0 radical (unpaired) electrons. The summed E-state index contributed by atoms with van der Waals surface area (Å²) < 4.78 is 14.0. The molecular formula is C22H22FN3OS. The molecule has 0 aliphatic carbocycles. The summed E-state index contributed by atoms with van der Waals surface area (Å²) in [5, 5.41) is 9.98. The highest BCUT2D eigenvalue weighted by Crippen LogP contribution is 2.33. The van der Waals surface area contributed by atoms with E-state index in [0.717, 1.165) is 35.5 Å². The van der Waals surface area contributed by atoms with Gasteiger partial charge >= 0.3 is 0 Å². The van der Waals surface area contributed by atoms with Crippen molar-refractivity contribution in [2.75, 3.05) is 13.1 Å². The number of likely N-dealkylation sites (tertiary alicyclic amines) is 1. The zero-order chi connectivity index (χ0) is 19.5. The summed E-state index contributed by atoms with van der Waals surface area (Å²) in [4.78, 5) is 14.7. The number of aryl methyl sites for hydroxylation is 1. The highest BCUT2D eigenvalue weighted by Gasteiger charge is 2.27. The third-order valence-electron chi connectivity index (χ3n) is 5.11. The van der Waals surface area contributed by atoms with Crippen LogP contribution in [0.3, 0.4) is 0 Å². The molecule has 4 rings (SSSR count). The monoisotopic (exact) mass is 395 g/mol. The largest absolute Gasteiger partial charge is 0.342 e. The normalized spacial score (nSPS) is 16.9. The summed E-state index contributed by atoms with van der Waals surface area (Å²) in [6, 6.07) is 14.7. The van der Waals surface area contributed by atoms with Crippen molar-refractivity contribution in [1.29, 1.82) is 0 Å². The highest BCUT2D eigenvalue weighted by atomic mass is 32.1. The van der Waals surface area contributed by atoms with Crippen molar-refractivity contribution >= 4 is 17.2 Å². The smallest absolute Gasteiger partial charge is 0.227 e. The summed E-state index contributed by atoms with van der Waals surface area (Å²) in [6.45, 7) is 3.46. The predicted molar refractivity (Wildman–Crippen MR) is 109 cm³/mol. The fourth-order valence-corrected chi connectivity index (χ4v) is 4.65. The van der Waals surface area contributed by atoms with Crippen LogP contribution >= 0.6 is 11.3 Å². The van der Waals surface area contributed by atoms with E-state index in [4.69, 9.17) is 0 Å². The maximum absolute atomic E-state index is 14.0. The van der Waals surface area contributed by atoms with E-state index in [1.54, 1.807) is 18.2 Å². The molecule has 0 bridgehead atoms. The Labute approximate surface area is 168 Å². The molecule has 2 aromatic carbocycles. The topological polar surface area (TPSA) is 46.1 Å². The van der Waals surface area contributed by atoms with E-state index >= 15 is 0 Å². The van der Waals surface area contributed by atoms with Crippen molar-refractivity contribution in [2.45, 2.75) is 32.1 Å². The number of amides is 1. The Morgan fingerprint density at radius 2 is 2.07 bits per heavy atom. The van der Waals surface area contributed by atoms with Gasteiger partial charge in [-0.1, -0.05) is 53.3 Å². The molecule has 2 heterocycles. The number of piperidine rings is 1. The van der Waals surface area contributed by atoms with Crippen LogP contribution in [0.15, 0.2) is 48.5 Å². The summed E-state index contributed by atoms with van der Waals surface area (Å²) in [5.41, 5.74) is 2.69. The Balaban J connectivity index is 1.45. The Morgan fingerprint density at radius 1 is 1.21 bits per heavy atom. The second-order valence-electron chi connectivity index (χ2n) is 7.27. The molecule has 1 saturated heterocycles. The van der Waals surface area contributed by atoms with Gasteiger partial charge in [0.2, 0.25) is 5.91 Å². The first-order valence-electron chi connectivity index (χ1n) is 9.52. The molecule has 1 amide bonds. The Kier molecular flexibility index (Phi) is 5.48. The van der Waals surface area contributed by atoms with Gasteiger partial charge in [0.1, 0.15) is 10.8 Å². The van der Waals surface area contributed by atoms with Crippen molar-refractivity contribution in [3.8, 4) is 10.6 Å². The molecule has 1 fully saturated rings. The maximum atomic E-state index is 14.0. The standard InChI is InChI=1S/C22H22FN3OS/c1-15-6-4-7-16(12-15)13-20(27)26-11-5-8-17(14-26)21-24-25-22(28-21)18-9-2-3-10-19(18)23/h2-4,6-7,9-10,12,17H,5,8,11,13-14H2,1H3. The summed E-state index contributed by atoms with van der Waals surface area (Å²) >= 11 is 1.43. The number of benzene rings is 2. The first-order valence-corrected chi connectivity index (χ1v) is 10.3. The van der Waals surface area contributed by atoms with Gasteiger partial charge in [-0.2, -0.15) is 0 Å². The molecule has 28 heavy (non-hydrogen) atoms. The zero-order valence-electron chi connectivity index (χ0n) is 15.8. The average molecular weight is 396 g/mol. The molecule has 1 aliphatic heterocycles. The van der Waals surface area contributed by atoms with Gasteiger partial charge < -0.3 is 4.90 Å². The van der Waals surface area contributed by atoms with Crippen molar-refractivity contribution in [1.82, 2.24) is 15.1 Å². The van der Waals surface area contributed by atoms with Crippen LogP contribution in [0, 0.1) is 12.7 Å². The van der Waals surface area contributed by atoms with Crippen LogP contribution in [0.5, 0.6) is 0 Å². The van der Waals surface area contributed by atoms with E-state index in [2.05, 4.69) is 16.3 Å². The Hall–Kier alpha value is -2.60. The van der Waals surface area contributed by atoms with E-state index in [1.807, 2.05) is 30.0 Å². The molecule has 3 aromatic rings. The van der Waals surface area contributed by atoms with Gasteiger partial charge in [-0.3, -0.25) is 4.79 Å². The van der Waals surface area contributed by atoms with Crippen molar-refractivity contribution < 1.29 is 9.18 Å². The Bertz CT molecular complexity index is 987. The lowest BCUT2D eigenvalue weighted by atomic mass is 9.98. The third kappa shape index (κ3) is 4.12. The maximum Gasteiger partial charge on any atom is 0.227 e. The Morgan fingerprint density at radius 3 is 2.89 bits per heavy atom. The lowest BCUT2D eigenvalue weighted by Gasteiger charge is -2.31. The van der Waals surface area contributed by atoms with E-state index in [-0.39, 0.29) is 17.6 Å². The van der Waals surface area contributed by atoms with Gasteiger partial charge in [0.25, 0.3) is 0 Å². The van der Waals surface area contributed by atoms with Crippen LogP contribution in [0.25, 0.3) is 10.6 Å². The molecule has 1 aromatic heterocycles. The molecule has 0 spiro atoms.